The fraction of sp³-hybridized carbons (Fsp3) is 0.421. The average molecular weight is 429 g/mol. The summed E-state index contributed by atoms with van der Waals surface area (Å²) in [6, 6.07) is 1.80. The Bertz CT molecular complexity index is 871. The Hall–Kier alpha value is -2.65. The van der Waals surface area contributed by atoms with Crippen LogP contribution in [0.25, 0.3) is 0 Å². The zero-order valence-electron chi connectivity index (χ0n) is 16.4. The van der Waals surface area contributed by atoms with E-state index in [0.29, 0.717) is 12.1 Å². The van der Waals surface area contributed by atoms with Gasteiger partial charge in [0.25, 0.3) is 5.91 Å². The molecule has 0 spiro atoms. The van der Waals surface area contributed by atoms with Gasteiger partial charge >= 0.3 is 11.9 Å². The first-order valence-corrected chi connectivity index (χ1v) is 9.27. The average Bonchev–Trinajstić information content (AvgIpc) is 2.62. The quantitative estimate of drug-likeness (QED) is 0.670. The number of halogens is 2. The zero-order valence-corrected chi connectivity index (χ0v) is 17.2. The molecule has 2 N–H and O–H groups in total. The van der Waals surface area contributed by atoms with Crippen molar-refractivity contribution in [2.45, 2.75) is 46.1 Å². The van der Waals surface area contributed by atoms with Crippen LogP contribution in [-0.4, -0.2) is 41.5 Å². The molecule has 10 heteroatoms. The summed E-state index contributed by atoms with van der Waals surface area (Å²) in [5.74, 6) is -3.40. The van der Waals surface area contributed by atoms with Crippen molar-refractivity contribution in [1.82, 2.24) is 5.32 Å². The second-order valence-electron chi connectivity index (χ2n) is 6.65. The van der Waals surface area contributed by atoms with Crippen LogP contribution in [0.3, 0.4) is 0 Å². The lowest BCUT2D eigenvalue weighted by Gasteiger charge is -2.33. The number of hydrogen-bond donors (Lipinski definition) is 2. The molecular formula is C19H22ClFN2O6. The second kappa shape index (κ2) is 8.79. The number of carbonyl (C=O) groups is 3. The van der Waals surface area contributed by atoms with E-state index in [0.717, 1.165) is 17.0 Å². The van der Waals surface area contributed by atoms with Crippen molar-refractivity contribution in [2.75, 3.05) is 11.5 Å². The van der Waals surface area contributed by atoms with E-state index in [4.69, 9.17) is 21.1 Å². The molecule has 1 aromatic rings. The van der Waals surface area contributed by atoms with Crippen LogP contribution in [0.4, 0.5) is 10.1 Å². The molecule has 0 aliphatic carbocycles. The number of nitrogens with zero attached hydrogens (tertiary/aromatic N) is 1. The van der Waals surface area contributed by atoms with Crippen LogP contribution < -0.4 is 10.2 Å². The van der Waals surface area contributed by atoms with Gasteiger partial charge in [-0.15, -0.1) is 0 Å². The standard InChI is InChI=1S/C19H22ClFN2O6/c1-5-10-7-15(24)23(18(27)22-10)14-8-11(12(20)9-13(14)21)16(25)29-19(3,4)17(26)28-6-2/h7-9,18,22,27H,5-6H2,1-4H3. The topological polar surface area (TPSA) is 105 Å². The van der Waals surface area contributed by atoms with Gasteiger partial charge in [0, 0.05) is 11.8 Å². The number of allylic oxidation sites excluding steroid dienone is 1. The number of rotatable bonds is 6. The Labute approximate surface area is 172 Å². The minimum absolute atomic E-state index is 0.0937. The molecule has 0 bridgehead atoms. The van der Waals surface area contributed by atoms with E-state index >= 15 is 0 Å². The van der Waals surface area contributed by atoms with Gasteiger partial charge < -0.3 is 19.9 Å². The molecule has 0 aromatic heterocycles. The summed E-state index contributed by atoms with van der Waals surface area (Å²) in [6.07, 6.45) is 0.126. The number of amides is 1. The summed E-state index contributed by atoms with van der Waals surface area (Å²) in [5, 5.41) is 12.6. The van der Waals surface area contributed by atoms with Crippen molar-refractivity contribution >= 4 is 35.1 Å². The molecule has 0 saturated carbocycles. The van der Waals surface area contributed by atoms with Gasteiger partial charge in [0.1, 0.15) is 5.82 Å². The number of ether oxygens (including phenoxy) is 2. The highest BCUT2D eigenvalue weighted by Crippen LogP contribution is 2.31. The minimum Gasteiger partial charge on any atom is -0.463 e. The van der Waals surface area contributed by atoms with Crippen molar-refractivity contribution in [3.8, 4) is 0 Å². The highest BCUT2D eigenvalue weighted by atomic mass is 35.5. The number of anilines is 1. The van der Waals surface area contributed by atoms with Crippen molar-refractivity contribution in [2.24, 2.45) is 0 Å². The molecule has 8 nitrogen and oxygen atoms in total. The Morgan fingerprint density at radius 1 is 1.34 bits per heavy atom. The fourth-order valence-electron chi connectivity index (χ4n) is 2.58. The maximum atomic E-state index is 14.5. The lowest BCUT2D eigenvalue weighted by Crippen LogP contribution is -2.52. The molecule has 0 saturated heterocycles. The van der Waals surface area contributed by atoms with Crippen LogP contribution in [0, 0.1) is 5.82 Å². The molecule has 1 heterocycles. The van der Waals surface area contributed by atoms with E-state index in [2.05, 4.69) is 5.32 Å². The van der Waals surface area contributed by atoms with E-state index < -0.39 is 35.6 Å². The first-order chi connectivity index (χ1) is 13.5. The third-order valence-corrected chi connectivity index (χ3v) is 4.42. The number of esters is 2. The first kappa shape index (κ1) is 22.6. The number of aliphatic hydroxyl groups is 1. The lowest BCUT2D eigenvalue weighted by atomic mass is 10.1. The van der Waals surface area contributed by atoms with E-state index in [1.807, 2.05) is 0 Å². The van der Waals surface area contributed by atoms with Crippen molar-refractivity contribution in [1.29, 1.82) is 0 Å². The summed E-state index contributed by atoms with van der Waals surface area (Å²) >= 11 is 5.97. The summed E-state index contributed by atoms with van der Waals surface area (Å²) in [7, 11) is 0. The third-order valence-electron chi connectivity index (χ3n) is 4.11. The SMILES string of the molecule is CCOC(=O)C(C)(C)OC(=O)c1cc(N2C(=O)C=C(CC)NC2O)c(F)cc1Cl. The van der Waals surface area contributed by atoms with Crippen LogP contribution in [0.5, 0.6) is 0 Å². The minimum atomic E-state index is -1.62. The van der Waals surface area contributed by atoms with Gasteiger partial charge in [0.15, 0.2) is 0 Å². The molecule has 0 fully saturated rings. The molecule has 1 unspecified atom stereocenters. The molecular weight excluding hydrogens is 407 g/mol. The first-order valence-electron chi connectivity index (χ1n) is 8.89. The van der Waals surface area contributed by atoms with Crippen molar-refractivity contribution in [3.05, 3.63) is 40.3 Å². The summed E-state index contributed by atoms with van der Waals surface area (Å²) in [6.45, 7) is 6.14. The van der Waals surface area contributed by atoms with Crippen molar-refractivity contribution < 1.29 is 33.4 Å². The molecule has 158 valence electrons. The van der Waals surface area contributed by atoms with Crippen molar-refractivity contribution in [3.63, 3.8) is 0 Å². The Morgan fingerprint density at radius 2 is 2.00 bits per heavy atom. The van der Waals surface area contributed by atoms with Crippen LogP contribution in [0.2, 0.25) is 5.02 Å². The largest absolute Gasteiger partial charge is 0.463 e. The molecule has 1 amide bonds. The Balaban J connectivity index is 2.39. The maximum Gasteiger partial charge on any atom is 0.350 e. The predicted octanol–water partition coefficient (Wildman–Crippen LogP) is 2.48. The zero-order chi connectivity index (χ0) is 21.9. The molecule has 29 heavy (non-hydrogen) atoms. The third kappa shape index (κ3) is 4.86. The normalized spacial score (nSPS) is 16.8. The van der Waals surface area contributed by atoms with Crippen LogP contribution in [-0.2, 0) is 19.1 Å². The molecule has 1 aliphatic rings. The van der Waals surface area contributed by atoms with Crippen LogP contribution >= 0.6 is 11.6 Å². The molecule has 2 rings (SSSR count). The lowest BCUT2D eigenvalue weighted by molar-refractivity contribution is -0.162. The van der Waals surface area contributed by atoms with Gasteiger partial charge in [-0.05, 0) is 39.3 Å². The van der Waals surface area contributed by atoms with Gasteiger partial charge in [-0.3, -0.25) is 9.69 Å². The summed E-state index contributed by atoms with van der Waals surface area (Å²) < 4.78 is 24.5. The van der Waals surface area contributed by atoms with Gasteiger partial charge in [-0.25, -0.2) is 14.0 Å². The maximum absolute atomic E-state index is 14.5. The van der Waals surface area contributed by atoms with E-state index in [9.17, 15) is 23.9 Å². The molecule has 0 radical (unpaired) electrons. The second-order valence-corrected chi connectivity index (χ2v) is 7.06. The summed E-state index contributed by atoms with van der Waals surface area (Å²) in [4.78, 5) is 37.6. The predicted molar refractivity (Wildman–Crippen MR) is 103 cm³/mol. The van der Waals surface area contributed by atoms with Gasteiger partial charge in [-0.1, -0.05) is 18.5 Å². The van der Waals surface area contributed by atoms with Gasteiger partial charge in [-0.2, -0.15) is 0 Å². The van der Waals surface area contributed by atoms with Gasteiger partial charge in [0.05, 0.1) is 22.9 Å². The van der Waals surface area contributed by atoms with Crippen LogP contribution in [0.1, 0.15) is 44.5 Å². The number of benzene rings is 1. The molecule has 1 atom stereocenters. The number of carbonyl (C=O) groups excluding carboxylic acids is 3. The van der Waals surface area contributed by atoms with Crippen LogP contribution in [0.15, 0.2) is 23.9 Å². The highest BCUT2D eigenvalue weighted by Gasteiger charge is 2.36. The number of nitrogens with one attached hydrogen (secondary N) is 1. The molecule has 1 aromatic carbocycles. The Morgan fingerprint density at radius 3 is 2.55 bits per heavy atom. The van der Waals surface area contributed by atoms with E-state index in [-0.39, 0.29) is 22.9 Å². The van der Waals surface area contributed by atoms with E-state index in [1.54, 1.807) is 13.8 Å². The monoisotopic (exact) mass is 428 g/mol. The highest BCUT2D eigenvalue weighted by molar-refractivity contribution is 6.33. The summed E-state index contributed by atoms with van der Waals surface area (Å²) in [5.41, 5.74) is -1.81. The molecule has 1 aliphatic heterocycles. The number of hydrogen-bond acceptors (Lipinski definition) is 7. The smallest absolute Gasteiger partial charge is 0.350 e. The van der Waals surface area contributed by atoms with E-state index in [1.165, 1.54) is 19.9 Å². The Kier molecular flexibility index (Phi) is 6.86. The number of aliphatic hydroxyl groups excluding tert-OH is 1. The fourth-order valence-corrected chi connectivity index (χ4v) is 2.81. The van der Waals surface area contributed by atoms with Gasteiger partial charge in [0.2, 0.25) is 12.0 Å².